The molecule has 0 saturated carbocycles. The monoisotopic (exact) mass is 342 g/mol. The maximum absolute atomic E-state index is 9.78. The molecule has 4 heteroatoms. The van der Waals surface area contributed by atoms with E-state index in [1.54, 1.807) is 18.3 Å². The fourth-order valence-corrected chi connectivity index (χ4v) is 2.93. The highest BCUT2D eigenvalue weighted by molar-refractivity contribution is 5.85. The molecule has 26 heavy (non-hydrogen) atoms. The highest BCUT2D eigenvalue weighted by atomic mass is 16.3. The summed E-state index contributed by atoms with van der Waals surface area (Å²) in [5, 5.41) is 9.78. The normalized spacial score (nSPS) is 11.5. The molecule has 0 aliphatic heterocycles. The fourth-order valence-electron chi connectivity index (χ4n) is 2.93. The van der Waals surface area contributed by atoms with Crippen molar-refractivity contribution in [2.24, 2.45) is 4.99 Å². The third kappa shape index (κ3) is 3.09. The summed E-state index contributed by atoms with van der Waals surface area (Å²) in [7, 11) is 0. The summed E-state index contributed by atoms with van der Waals surface area (Å²) in [6.45, 7) is 4.08. The Kier molecular flexibility index (Phi) is 4.01. The van der Waals surface area contributed by atoms with E-state index in [-0.39, 0.29) is 5.75 Å². The van der Waals surface area contributed by atoms with E-state index >= 15 is 0 Å². The van der Waals surface area contributed by atoms with Gasteiger partial charge in [-0.15, -0.1) is 0 Å². The van der Waals surface area contributed by atoms with Crippen LogP contribution in [0.4, 0.5) is 5.69 Å². The minimum Gasteiger partial charge on any atom is -0.507 e. The Hall–Kier alpha value is -3.40. The molecule has 1 N–H and O–H groups in total. The van der Waals surface area contributed by atoms with Gasteiger partial charge in [-0.25, -0.2) is 4.98 Å². The van der Waals surface area contributed by atoms with E-state index in [4.69, 9.17) is 4.42 Å². The maximum Gasteiger partial charge on any atom is 0.227 e. The van der Waals surface area contributed by atoms with Crippen LogP contribution in [0, 0.1) is 13.8 Å². The lowest BCUT2D eigenvalue weighted by Gasteiger charge is -1.99. The van der Waals surface area contributed by atoms with Gasteiger partial charge in [0.05, 0.1) is 5.69 Å². The first-order chi connectivity index (χ1) is 12.6. The number of phenolic OH excluding ortho intramolecular Hbond substituents is 1. The molecule has 0 bridgehead atoms. The van der Waals surface area contributed by atoms with Crippen molar-refractivity contribution in [2.75, 3.05) is 0 Å². The SMILES string of the molecule is Cc1cc(C)c2oc(-c3ccc(N=Cc4ccccc4O)cc3)nc2c1. The molecule has 0 unspecified atom stereocenters. The van der Waals surface area contributed by atoms with Crippen LogP contribution in [0.2, 0.25) is 0 Å². The van der Waals surface area contributed by atoms with Gasteiger partial charge in [-0.05, 0) is 67.4 Å². The van der Waals surface area contributed by atoms with Crippen LogP contribution in [0.15, 0.2) is 70.1 Å². The van der Waals surface area contributed by atoms with E-state index in [2.05, 4.69) is 23.0 Å². The van der Waals surface area contributed by atoms with Gasteiger partial charge in [-0.3, -0.25) is 4.99 Å². The van der Waals surface area contributed by atoms with Gasteiger partial charge in [0, 0.05) is 17.3 Å². The van der Waals surface area contributed by atoms with Crippen LogP contribution < -0.4 is 0 Å². The van der Waals surface area contributed by atoms with E-state index in [1.165, 1.54) is 5.56 Å². The van der Waals surface area contributed by atoms with Crippen LogP contribution in [0.3, 0.4) is 0 Å². The Morgan fingerprint density at radius 2 is 1.77 bits per heavy atom. The van der Waals surface area contributed by atoms with Gasteiger partial charge in [0.15, 0.2) is 5.58 Å². The van der Waals surface area contributed by atoms with Gasteiger partial charge in [-0.2, -0.15) is 0 Å². The van der Waals surface area contributed by atoms with Gasteiger partial charge in [-0.1, -0.05) is 18.2 Å². The fraction of sp³-hybridized carbons (Fsp3) is 0.0909. The van der Waals surface area contributed by atoms with Gasteiger partial charge < -0.3 is 9.52 Å². The summed E-state index contributed by atoms with van der Waals surface area (Å²) in [4.78, 5) is 9.01. The molecule has 4 aromatic rings. The molecule has 1 heterocycles. The first kappa shape index (κ1) is 16.1. The number of rotatable bonds is 3. The summed E-state index contributed by atoms with van der Waals surface area (Å²) >= 11 is 0. The van der Waals surface area contributed by atoms with Crippen LogP contribution in [0.1, 0.15) is 16.7 Å². The zero-order valence-electron chi connectivity index (χ0n) is 14.6. The number of benzene rings is 3. The Morgan fingerprint density at radius 3 is 2.54 bits per heavy atom. The lowest BCUT2D eigenvalue weighted by Crippen LogP contribution is -1.81. The summed E-state index contributed by atoms with van der Waals surface area (Å²) < 4.78 is 5.94. The van der Waals surface area contributed by atoms with Crippen molar-refractivity contribution >= 4 is 23.0 Å². The minimum absolute atomic E-state index is 0.213. The van der Waals surface area contributed by atoms with E-state index in [9.17, 15) is 5.11 Å². The molecular weight excluding hydrogens is 324 g/mol. The molecule has 0 aliphatic carbocycles. The molecular formula is C22H18N2O2. The second-order valence-corrected chi connectivity index (χ2v) is 6.31. The largest absolute Gasteiger partial charge is 0.507 e. The van der Waals surface area contributed by atoms with Crippen LogP contribution in [0.25, 0.3) is 22.6 Å². The standard InChI is InChI=1S/C22H18N2O2/c1-14-11-15(2)21-19(12-14)24-22(26-21)16-7-9-18(10-8-16)23-13-17-5-3-4-6-20(17)25/h3-13,25H,1-2H3. The zero-order chi connectivity index (χ0) is 18.1. The smallest absolute Gasteiger partial charge is 0.227 e. The Morgan fingerprint density at radius 1 is 1.00 bits per heavy atom. The molecule has 0 saturated heterocycles. The second-order valence-electron chi connectivity index (χ2n) is 6.31. The molecule has 0 amide bonds. The van der Waals surface area contributed by atoms with Crippen molar-refractivity contribution in [1.29, 1.82) is 0 Å². The summed E-state index contributed by atoms with van der Waals surface area (Å²) in [6, 6.07) is 18.9. The van der Waals surface area contributed by atoms with Gasteiger partial charge in [0.25, 0.3) is 0 Å². The Bertz CT molecular complexity index is 1110. The number of oxazole rings is 1. The molecule has 0 aliphatic rings. The summed E-state index contributed by atoms with van der Waals surface area (Å²) in [6.07, 6.45) is 1.65. The molecule has 1 aromatic heterocycles. The second kappa shape index (κ2) is 6.48. The number of para-hydroxylation sites is 1. The van der Waals surface area contributed by atoms with E-state index in [0.717, 1.165) is 27.9 Å². The number of aromatic nitrogens is 1. The average Bonchev–Trinajstić information content (AvgIpc) is 3.06. The first-order valence-corrected chi connectivity index (χ1v) is 8.40. The molecule has 0 atom stereocenters. The topological polar surface area (TPSA) is 58.6 Å². The lowest BCUT2D eigenvalue weighted by molar-refractivity contribution is 0.474. The summed E-state index contributed by atoms with van der Waals surface area (Å²) in [5.41, 5.74) is 6.33. The number of aryl methyl sites for hydroxylation is 2. The van der Waals surface area contributed by atoms with Crippen LogP contribution in [-0.2, 0) is 0 Å². The molecule has 0 fully saturated rings. The molecule has 3 aromatic carbocycles. The molecule has 4 nitrogen and oxygen atoms in total. The highest BCUT2D eigenvalue weighted by Crippen LogP contribution is 2.28. The van der Waals surface area contributed by atoms with Crippen molar-refractivity contribution in [3.63, 3.8) is 0 Å². The van der Waals surface area contributed by atoms with E-state index in [0.29, 0.717) is 11.5 Å². The lowest BCUT2D eigenvalue weighted by atomic mass is 10.1. The predicted molar refractivity (Wildman–Crippen MR) is 104 cm³/mol. The third-order valence-electron chi connectivity index (χ3n) is 4.22. The number of fused-ring (bicyclic) bond motifs is 1. The summed E-state index contributed by atoms with van der Waals surface area (Å²) in [5.74, 6) is 0.815. The van der Waals surface area contributed by atoms with Crippen LogP contribution >= 0.6 is 0 Å². The van der Waals surface area contributed by atoms with Crippen molar-refractivity contribution in [3.8, 4) is 17.2 Å². The zero-order valence-corrected chi connectivity index (χ0v) is 14.6. The van der Waals surface area contributed by atoms with E-state index in [1.807, 2.05) is 49.4 Å². The molecule has 0 spiro atoms. The highest BCUT2D eigenvalue weighted by Gasteiger charge is 2.10. The quantitative estimate of drug-likeness (QED) is 0.495. The number of aliphatic imine (C=N–C) groups is 1. The number of phenols is 1. The number of nitrogens with zero attached hydrogens (tertiary/aromatic N) is 2. The Labute approximate surface area is 151 Å². The molecule has 4 rings (SSSR count). The minimum atomic E-state index is 0.213. The van der Waals surface area contributed by atoms with Crippen molar-refractivity contribution in [1.82, 2.24) is 4.98 Å². The third-order valence-corrected chi connectivity index (χ3v) is 4.22. The van der Waals surface area contributed by atoms with E-state index < -0.39 is 0 Å². The molecule has 128 valence electrons. The van der Waals surface area contributed by atoms with Crippen molar-refractivity contribution in [2.45, 2.75) is 13.8 Å². The van der Waals surface area contributed by atoms with Crippen molar-refractivity contribution in [3.05, 3.63) is 77.4 Å². The first-order valence-electron chi connectivity index (χ1n) is 8.40. The average molecular weight is 342 g/mol. The van der Waals surface area contributed by atoms with Gasteiger partial charge >= 0.3 is 0 Å². The van der Waals surface area contributed by atoms with Gasteiger partial charge in [0.2, 0.25) is 5.89 Å². The van der Waals surface area contributed by atoms with Crippen LogP contribution in [0.5, 0.6) is 5.75 Å². The maximum atomic E-state index is 9.78. The van der Waals surface area contributed by atoms with Crippen molar-refractivity contribution < 1.29 is 9.52 Å². The number of aromatic hydroxyl groups is 1. The Balaban J connectivity index is 1.62. The van der Waals surface area contributed by atoms with Crippen LogP contribution in [-0.4, -0.2) is 16.3 Å². The number of hydrogen-bond acceptors (Lipinski definition) is 4. The molecule has 0 radical (unpaired) electrons. The predicted octanol–water partition coefficient (Wildman–Crippen LogP) is 5.57. The number of hydrogen-bond donors (Lipinski definition) is 1. The van der Waals surface area contributed by atoms with Gasteiger partial charge in [0.1, 0.15) is 11.3 Å².